The van der Waals surface area contributed by atoms with Gasteiger partial charge in [0, 0.05) is 61.2 Å². The molecule has 0 spiro atoms. The van der Waals surface area contributed by atoms with Crippen molar-refractivity contribution in [2.45, 2.75) is 34.1 Å². The lowest BCUT2D eigenvalue weighted by Crippen LogP contribution is -2.30. The van der Waals surface area contributed by atoms with E-state index in [-0.39, 0.29) is 5.91 Å². The Morgan fingerprint density at radius 2 is 1.90 bits per heavy atom. The lowest BCUT2D eigenvalue weighted by atomic mass is 9.90. The van der Waals surface area contributed by atoms with Gasteiger partial charge >= 0.3 is 0 Å². The van der Waals surface area contributed by atoms with Crippen molar-refractivity contribution in [1.82, 2.24) is 14.8 Å². The molecule has 0 bridgehead atoms. The zero-order chi connectivity index (χ0) is 22.7. The molecule has 1 aliphatic rings. The maximum Gasteiger partial charge on any atom is 0.253 e. The quantitative estimate of drug-likeness (QED) is 0.552. The van der Waals surface area contributed by atoms with E-state index >= 15 is 0 Å². The van der Waals surface area contributed by atoms with Gasteiger partial charge < -0.3 is 4.90 Å². The van der Waals surface area contributed by atoms with Gasteiger partial charge in [-0.1, -0.05) is 33.7 Å². The fraction of sp³-hybridized carbons (Fsp3) is 0.385. The highest BCUT2D eigenvalue weighted by atomic mass is 79.9. The number of nitrogens with zero attached hydrogens (tertiary/aromatic N) is 3. The number of pyridine rings is 1. The van der Waals surface area contributed by atoms with Crippen LogP contribution in [0.1, 0.15) is 51.7 Å². The number of benzene rings is 1. The molecule has 0 radical (unpaired) electrons. The molecule has 31 heavy (non-hydrogen) atoms. The van der Waals surface area contributed by atoms with Crippen LogP contribution >= 0.6 is 15.9 Å². The summed E-state index contributed by atoms with van der Waals surface area (Å²) >= 11 is 3.64. The molecular weight excluding hydrogens is 450 g/mol. The van der Waals surface area contributed by atoms with Gasteiger partial charge in [-0.3, -0.25) is 14.7 Å². The third-order valence-corrected chi connectivity index (χ3v) is 6.49. The Balaban J connectivity index is 1.73. The SMILES string of the molecule is C/C(=C\c1c(Br)ccnc1C)CN1CC=C(c2c(C)cc(C(=O)N(C)C)cc2C)CC1. The number of halogens is 1. The molecule has 0 N–H and O–H groups in total. The molecule has 4 nitrogen and oxygen atoms in total. The van der Waals surface area contributed by atoms with Crippen molar-refractivity contribution in [1.29, 1.82) is 0 Å². The van der Waals surface area contributed by atoms with Crippen molar-refractivity contribution >= 4 is 33.5 Å². The van der Waals surface area contributed by atoms with E-state index in [0.29, 0.717) is 0 Å². The zero-order valence-corrected chi connectivity index (χ0v) is 21.0. The Morgan fingerprint density at radius 3 is 2.45 bits per heavy atom. The summed E-state index contributed by atoms with van der Waals surface area (Å²) in [5.74, 6) is 0.0549. The molecule has 5 heteroatoms. The van der Waals surface area contributed by atoms with Crippen molar-refractivity contribution in [2.24, 2.45) is 0 Å². The second kappa shape index (κ2) is 9.92. The van der Waals surface area contributed by atoms with E-state index in [0.717, 1.165) is 47.3 Å². The fourth-order valence-corrected chi connectivity index (χ4v) is 4.82. The highest BCUT2D eigenvalue weighted by molar-refractivity contribution is 9.10. The zero-order valence-electron chi connectivity index (χ0n) is 19.4. The van der Waals surface area contributed by atoms with E-state index in [1.54, 1.807) is 19.0 Å². The van der Waals surface area contributed by atoms with Crippen molar-refractivity contribution < 1.29 is 4.79 Å². The number of amides is 1. The van der Waals surface area contributed by atoms with E-state index in [9.17, 15) is 4.79 Å². The molecule has 1 amide bonds. The Hall–Kier alpha value is -2.24. The highest BCUT2D eigenvalue weighted by Gasteiger charge is 2.18. The number of hydrogen-bond donors (Lipinski definition) is 0. The molecule has 0 unspecified atom stereocenters. The normalized spacial score (nSPS) is 15.1. The van der Waals surface area contributed by atoms with Crippen LogP contribution in [0.2, 0.25) is 0 Å². The van der Waals surface area contributed by atoms with Crippen LogP contribution in [0.4, 0.5) is 0 Å². The number of aromatic nitrogens is 1. The largest absolute Gasteiger partial charge is 0.345 e. The molecule has 2 heterocycles. The first-order valence-electron chi connectivity index (χ1n) is 10.7. The summed E-state index contributed by atoms with van der Waals surface area (Å²) in [7, 11) is 3.59. The predicted molar refractivity (Wildman–Crippen MR) is 133 cm³/mol. The summed E-state index contributed by atoms with van der Waals surface area (Å²) in [6.07, 6.45) is 7.44. The number of hydrogen-bond acceptors (Lipinski definition) is 3. The van der Waals surface area contributed by atoms with Crippen LogP contribution in [0, 0.1) is 20.8 Å². The summed E-state index contributed by atoms with van der Waals surface area (Å²) in [6, 6.07) is 6.04. The molecule has 1 aliphatic heterocycles. The van der Waals surface area contributed by atoms with E-state index in [2.05, 4.69) is 58.7 Å². The van der Waals surface area contributed by atoms with Gasteiger partial charge in [-0.25, -0.2) is 0 Å². The van der Waals surface area contributed by atoms with Gasteiger partial charge in [-0.15, -0.1) is 0 Å². The minimum Gasteiger partial charge on any atom is -0.345 e. The van der Waals surface area contributed by atoms with Crippen LogP contribution in [-0.4, -0.2) is 54.4 Å². The molecular formula is C26H32BrN3O. The van der Waals surface area contributed by atoms with Crippen molar-refractivity contribution in [3.05, 3.63) is 74.0 Å². The topological polar surface area (TPSA) is 36.4 Å². The standard InChI is InChI=1S/C26H32BrN3O/c1-17(13-23-20(4)28-10-7-24(23)27)16-30-11-8-21(9-12-30)25-18(2)14-22(15-19(25)3)26(31)29(5)6/h7-8,10,13-15H,9,11-12,16H2,1-6H3/b17-13+. The van der Waals surface area contributed by atoms with Crippen LogP contribution in [0.15, 0.2) is 40.5 Å². The van der Waals surface area contributed by atoms with Gasteiger partial charge in [0.1, 0.15) is 0 Å². The van der Waals surface area contributed by atoms with Gasteiger partial charge in [0.15, 0.2) is 0 Å². The number of rotatable bonds is 5. The van der Waals surface area contributed by atoms with E-state index in [1.807, 2.05) is 31.3 Å². The molecule has 0 fully saturated rings. The maximum absolute atomic E-state index is 12.3. The predicted octanol–water partition coefficient (Wildman–Crippen LogP) is 5.66. The summed E-state index contributed by atoms with van der Waals surface area (Å²) in [5, 5.41) is 0. The number of carbonyl (C=O) groups is 1. The van der Waals surface area contributed by atoms with Crippen LogP contribution in [-0.2, 0) is 0 Å². The summed E-state index contributed by atoms with van der Waals surface area (Å²) in [4.78, 5) is 20.9. The summed E-state index contributed by atoms with van der Waals surface area (Å²) in [6.45, 7) is 11.4. The third-order valence-electron chi connectivity index (χ3n) is 5.80. The van der Waals surface area contributed by atoms with Gasteiger partial charge in [0.25, 0.3) is 5.91 Å². The fourth-order valence-electron chi connectivity index (χ4n) is 4.30. The average Bonchev–Trinajstić information content (AvgIpc) is 2.71. The smallest absolute Gasteiger partial charge is 0.253 e. The second-order valence-electron chi connectivity index (χ2n) is 8.68. The number of carbonyl (C=O) groups excluding carboxylic acids is 1. The molecule has 0 saturated carbocycles. The molecule has 0 saturated heterocycles. The van der Waals surface area contributed by atoms with Crippen LogP contribution in [0.3, 0.4) is 0 Å². The van der Waals surface area contributed by atoms with Crippen molar-refractivity contribution in [2.75, 3.05) is 33.7 Å². The van der Waals surface area contributed by atoms with Crippen LogP contribution in [0.25, 0.3) is 11.6 Å². The first-order valence-corrected chi connectivity index (χ1v) is 11.5. The summed E-state index contributed by atoms with van der Waals surface area (Å²) in [5.41, 5.74) is 9.34. The minimum absolute atomic E-state index is 0.0549. The molecule has 3 rings (SSSR count). The summed E-state index contributed by atoms with van der Waals surface area (Å²) < 4.78 is 1.09. The van der Waals surface area contributed by atoms with Crippen LogP contribution < -0.4 is 0 Å². The van der Waals surface area contributed by atoms with Gasteiger partial charge in [0.05, 0.1) is 0 Å². The first kappa shape index (κ1) is 23.4. The Kier molecular flexibility index (Phi) is 7.50. The molecule has 1 aromatic carbocycles. The average molecular weight is 482 g/mol. The lowest BCUT2D eigenvalue weighted by Gasteiger charge is -2.28. The van der Waals surface area contributed by atoms with Crippen molar-refractivity contribution in [3.63, 3.8) is 0 Å². The number of aryl methyl sites for hydroxylation is 3. The van der Waals surface area contributed by atoms with Gasteiger partial charge in [0.2, 0.25) is 0 Å². The Morgan fingerprint density at radius 1 is 1.23 bits per heavy atom. The monoisotopic (exact) mass is 481 g/mol. The first-order chi connectivity index (χ1) is 14.7. The molecule has 0 atom stereocenters. The Labute approximate surface area is 194 Å². The maximum atomic E-state index is 12.3. The molecule has 164 valence electrons. The minimum atomic E-state index is 0.0549. The molecule has 0 aliphatic carbocycles. The third kappa shape index (κ3) is 5.52. The van der Waals surface area contributed by atoms with Gasteiger partial charge in [-0.2, -0.15) is 0 Å². The van der Waals surface area contributed by atoms with E-state index in [4.69, 9.17) is 0 Å². The van der Waals surface area contributed by atoms with Gasteiger partial charge in [-0.05, 0) is 74.6 Å². The van der Waals surface area contributed by atoms with E-state index in [1.165, 1.54) is 27.8 Å². The highest BCUT2D eigenvalue weighted by Crippen LogP contribution is 2.30. The second-order valence-corrected chi connectivity index (χ2v) is 9.54. The molecule has 1 aromatic heterocycles. The lowest BCUT2D eigenvalue weighted by molar-refractivity contribution is 0.0827. The van der Waals surface area contributed by atoms with Crippen molar-refractivity contribution in [3.8, 4) is 0 Å². The Bertz CT molecular complexity index is 1010. The molecule has 2 aromatic rings. The van der Waals surface area contributed by atoms with Crippen LogP contribution in [0.5, 0.6) is 0 Å². The van der Waals surface area contributed by atoms with E-state index < -0.39 is 0 Å².